The number of rotatable bonds is 3. The zero-order valence-corrected chi connectivity index (χ0v) is 13.8. The van der Waals surface area contributed by atoms with E-state index >= 15 is 0 Å². The third kappa shape index (κ3) is 3.05. The maximum absolute atomic E-state index is 13.0. The van der Waals surface area contributed by atoms with E-state index < -0.39 is 0 Å². The lowest BCUT2D eigenvalue weighted by molar-refractivity contribution is 0.0630. The number of benzene rings is 1. The Morgan fingerprint density at radius 1 is 1.25 bits per heavy atom. The molecule has 126 valence electrons. The molecule has 1 fully saturated rings. The van der Waals surface area contributed by atoms with Gasteiger partial charge in [-0.2, -0.15) is 0 Å². The van der Waals surface area contributed by atoms with Gasteiger partial charge in [0.1, 0.15) is 11.3 Å². The first-order valence-electron chi connectivity index (χ1n) is 7.96. The number of amides is 1. The van der Waals surface area contributed by atoms with Crippen LogP contribution in [0.25, 0.3) is 0 Å². The van der Waals surface area contributed by atoms with E-state index in [9.17, 15) is 9.59 Å². The number of pyridine rings is 1. The first-order chi connectivity index (χ1) is 11.6. The van der Waals surface area contributed by atoms with Crippen LogP contribution in [0.3, 0.4) is 0 Å². The molecule has 1 amide bonds. The third-order valence-corrected chi connectivity index (χ3v) is 4.29. The highest BCUT2D eigenvalue weighted by Crippen LogP contribution is 2.30. The molecule has 0 radical (unpaired) electrons. The summed E-state index contributed by atoms with van der Waals surface area (Å²) in [6.07, 6.45) is 0. The molecule has 1 aliphatic heterocycles. The Bertz CT molecular complexity index is 800. The molecule has 24 heavy (non-hydrogen) atoms. The van der Waals surface area contributed by atoms with Gasteiger partial charge in [-0.25, -0.2) is 0 Å². The number of hydrogen-bond acceptors (Lipinski definition) is 4. The van der Waals surface area contributed by atoms with Crippen molar-refractivity contribution in [3.63, 3.8) is 0 Å². The lowest BCUT2D eigenvalue weighted by atomic mass is 10.0. The van der Waals surface area contributed by atoms with Crippen molar-refractivity contribution in [3.05, 3.63) is 63.6 Å². The Hall–Kier alpha value is -2.60. The number of methoxy groups -OCH3 is 1. The molecule has 2 heterocycles. The van der Waals surface area contributed by atoms with Gasteiger partial charge in [0.15, 0.2) is 0 Å². The summed E-state index contributed by atoms with van der Waals surface area (Å²) in [6, 6.07) is 10.8. The standard InChI is InChI=1S/C18H21N3O3/c1-12-7-8-14(17(22)20-12)18(23)21-10-9-19-11-15(21)13-5-3-4-6-16(13)24-2/h3-8,15,19H,9-11H2,1-2H3,(H,20,22). The number of para-hydroxylation sites is 1. The van der Waals surface area contributed by atoms with E-state index in [0.29, 0.717) is 19.6 Å². The van der Waals surface area contributed by atoms with Crippen LogP contribution in [0.4, 0.5) is 0 Å². The molecule has 1 aromatic carbocycles. The topological polar surface area (TPSA) is 74.4 Å². The van der Waals surface area contributed by atoms with E-state index in [2.05, 4.69) is 10.3 Å². The number of carbonyl (C=O) groups excluding carboxylic acids is 1. The Morgan fingerprint density at radius 3 is 2.79 bits per heavy atom. The maximum Gasteiger partial charge on any atom is 0.260 e. The largest absolute Gasteiger partial charge is 0.496 e. The Balaban J connectivity index is 1.98. The molecule has 1 atom stereocenters. The smallest absolute Gasteiger partial charge is 0.260 e. The molecule has 0 bridgehead atoms. The fraction of sp³-hybridized carbons (Fsp3) is 0.333. The molecule has 0 saturated carbocycles. The predicted octanol–water partition coefficient (Wildman–Crippen LogP) is 1.48. The molecule has 6 nitrogen and oxygen atoms in total. The summed E-state index contributed by atoms with van der Waals surface area (Å²) in [6.45, 7) is 3.64. The van der Waals surface area contributed by atoms with Gasteiger partial charge in [-0.15, -0.1) is 0 Å². The molecular formula is C18H21N3O3. The monoisotopic (exact) mass is 327 g/mol. The lowest BCUT2D eigenvalue weighted by Crippen LogP contribution is -2.49. The number of ether oxygens (including phenoxy) is 1. The van der Waals surface area contributed by atoms with Crippen LogP contribution >= 0.6 is 0 Å². The first kappa shape index (κ1) is 16.3. The van der Waals surface area contributed by atoms with E-state index in [1.165, 1.54) is 0 Å². The average Bonchev–Trinajstić information content (AvgIpc) is 2.61. The Kier molecular flexibility index (Phi) is 4.66. The summed E-state index contributed by atoms with van der Waals surface area (Å²) in [4.78, 5) is 29.5. The number of H-pyrrole nitrogens is 1. The highest BCUT2D eigenvalue weighted by atomic mass is 16.5. The molecule has 1 saturated heterocycles. The number of nitrogens with zero attached hydrogens (tertiary/aromatic N) is 1. The SMILES string of the molecule is COc1ccccc1C1CNCCN1C(=O)c1ccc(C)[nH]c1=O. The number of aromatic nitrogens is 1. The summed E-state index contributed by atoms with van der Waals surface area (Å²) in [7, 11) is 1.62. The van der Waals surface area contributed by atoms with E-state index in [4.69, 9.17) is 4.74 Å². The van der Waals surface area contributed by atoms with E-state index in [1.807, 2.05) is 24.3 Å². The summed E-state index contributed by atoms with van der Waals surface area (Å²) in [5, 5.41) is 3.31. The number of carbonyl (C=O) groups is 1. The average molecular weight is 327 g/mol. The van der Waals surface area contributed by atoms with Gasteiger partial charge < -0.3 is 19.9 Å². The minimum Gasteiger partial charge on any atom is -0.496 e. The lowest BCUT2D eigenvalue weighted by Gasteiger charge is -2.37. The van der Waals surface area contributed by atoms with Crippen molar-refractivity contribution in [2.24, 2.45) is 0 Å². The van der Waals surface area contributed by atoms with Crippen LogP contribution < -0.4 is 15.6 Å². The van der Waals surface area contributed by atoms with E-state index in [0.717, 1.165) is 17.0 Å². The predicted molar refractivity (Wildman–Crippen MR) is 91.4 cm³/mol. The zero-order valence-electron chi connectivity index (χ0n) is 13.8. The normalized spacial score (nSPS) is 17.6. The van der Waals surface area contributed by atoms with Gasteiger partial charge in [0.2, 0.25) is 0 Å². The zero-order chi connectivity index (χ0) is 17.1. The van der Waals surface area contributed by atoms with Crippen molar-refractivity contribution in [2.45, 2.75) is 13.0 Å². The van der Waals surface area contributed by atoms with Gasteiger partial charge in [-0.1, -0.05) is 18.2 Å². The van der Waals surface area contributed by atoms with Crippen LogP contribution in [0.5, 0.6) is 5.75 Å². The molecule has 3 rings (SSSR count). The van der Waals surface area contributed by atoms with Gasteiger partial charge >= 0.3 is 0 Å². The van der Waals surface area contributed by atoms with Crippen LogP contribution in [0.2, 0.25) is 0 Å². The van der Waals surface area contributed by atoms with Crippen LogP contribution in [-0.2, 0) is 0 Å². The fourth-order valence-corrected chi connectivity index (χ4v) is 3.06. The Labute approximate surface area is 140 Å². The number of piperazine rings is 1. The van der Waals surface area contributed by atoms with Gasteiger partial charge in [0.05, 0.1) is 13.2 Å². The first-order valence-corrected chi connectivity index (χ1v) is 7.96. The second kappa shape index (κ2) is 6.88. The molecule has 2 aromatic rings. The van der Waals surface area contributed by atoms with Crippen LogP contribution in [0.15, 0.2) is 41.2 Å². The van der Waals surface area contributed by atoms with Crippen molar-refractivity contribution in [3.8, 4) is 5.75 Å². The second-order valence-electron chi connectivity index (χ2n) is 5.84. The highest BCUT2D eigenvalue weighted by Gasteiger charge is 2.31. The summed E-state index contributed by atoms with van der Waals surface area (Å²) in [5.74, 6) is 0.482. The van der Waals surface area contributed by atoms with Crippen LogP contribution in [0, 0.1) is 6.92 Å². The van der Waals surface area contributed by atoms with Crippen molar-refractivity contribution in [1.29, 1.82) is 0 Å². The van der Waals surface area contributed by atoms with Crippen molar-refractivity contribution in [2.75, 3.05) is 26.7 Å². The summed E-state index contributed by atoms with van der Waals surface area (Å²) < 4.78 is 5.44. The minimum atomic E-state index is -0.350. The second-order valence-corrected chi connectivity index (χ2v) is 5.84. The van der Waals surface area contributed by atoms with Gasteiger partial charge in [-0.3, -0.25) is 9.59 Å². The fourth-order valence-electron chi connectivity index (χ4n) is 3.06. The van der Waals surface area contributed by atoms with E-state index in [1.54, 1.807) is 31.1 Å². The minimum absolute atomic E-state index is 0.169. The van der Waals surface area contributed by atoms with Gasteiger partial charge in [-0.05, 0) is 25.1 Å². The van der Waals surface area contributed by atoms with Crippen LogP contribution in [-0.4, -0.2) is 42.5 Å². The highest BCUT2D eigenvalue weighted by molar-refractivity contribution is 5.94. The molecule has 1 aliphatic rings. The molecule has 1 unspecified atom stereocenters. The van der Waals surface area contributed by atoms with Crippen LogP contribution in [0.1, 0.15) is 27.7 Å². The third-order valence-electron chi connectivity index (χ3n) is 4.29. The van der Waals surface area contributed by atoms with Crippen molar-refractivity contribution < 1.29 is 9.53 Å². The number of aromatic amines is 1. The van der Waals surface area contributed by atoms with Gasteiger partial charge in [0, 0.05) is 30.9 Å². The number of aryl methyl sites for hydroxylation is 1. The molecular weight excluding hydrogens is 306 g/mol. The Morgan fingerprint density at radius 2 is 2.04 bits per heavy atom. The number of nitrogens with one attached hydrogen (secondary N) is 2. The van der Waals surface area contributed by atoms with Crippen molar-refractivity contribution in [1.82, 2.24) is 15.2 Å². The molecule has 0 aliphatic carbocycles. The summed E-state index contributed by atoms with van der Waals surface area (Å²) in [5.41, 5.74) is 1.49. The summed E-state index contributed by atoms with van der Waals surface area (Å²) >= 11 is 0. The number of hydrogen-bond donors (Lipinski definition) is 2. The molecule has 2 N–H and O–H groups in total. The molecule has 6 heteroatoms. The van der Waals surface area contributed by atoms with E-state index in [-0.39, 0.29) is 23.1 Å². The quantitative estimate of drug-likeness (QED) is 0.895. The van der Waals surface area contributed by atoms with Crippen molar-refractivity contribution >= 4 is 5.91 Å². The molecule has 1 aromatic heterocycles. The maximum atomic E-state index is 13.0. The molecule has 0 spiro atoms. The van der Waals surface area contributed by atoms with Gasteiger partial charge in [0.25, 0.3) is 11.5 Å².